The molecule has 0 radical (unpaired) electrons. The number of ether oxygens (including phenoxy) is 1. The van der Waals surface area contributed by atoms with Gasteiger partial charge >= 0.3 is 11.7 Å². The van der Waals surface area contributed by atoms with Crippen molar-refractivity contribution in [1.82, 2.24) is 0 Å². The molecule has 1 aromatic carbocycles. The van der Waals surface area contributed by atoms with Crippen LogP contribution in [0.3, 0.4) is 0 Å². The monoisotopic (exact) mass is 234 g/mol. The van der Waals surface area contributed by atoms with Gasteiger partial charge < -0.3 is 4.74 Å². The molecule has 0 saturated heterocycles. The van der Waals surface area contributed by atoms with Gasteiger partial charge in [-0.1, -0.05) is 0 Å². The molecular formula is C10H6N2O5. The summed E-state index contributed by atoms with van der Waals surface area (Å²) < 4.78 is 4.36. The van der Waals surface area contributed by atoms with E-state index in [1.54, 1.807) is 6.07 Å². The van der Waals surface area contributed by atoms with Crippen molar-refractivity contribution >= 4 is 17.9 Å². The summed E-state index contributed by atoms with van der Waals surface area (Å²) in [5.41, 5.74) is -1.45. The predicted molar refractivity (Wildman–Crippen MR) is 54.5 cm³/mol. The quantitative estimate of drug-likeness (QED) is 0.334. The minimum absolute atomic E-state index is 0.00690. The van der Waals surface area contributed by atoms with Crippen LogP contribution in [0.5, 0.6) is 0 Å². The van der Waals surface area contributed by atoms with Gasteiger partial charge in [-0.05, 0) is 12.1 Å². The highest BCUT2D eigenvalue weighted by Gasteiger charge is 2.26. The Morgan fingerprint density at radius 1 is 1.59 bits per heavy atom. The molecule has 0 unspecified atom stereocenters. The average Bonchev–Trinajstić information content (AvgIpc) is 2.35. The van der Waals surface area contributed by atoms with Gasteiger partial charge in [-0.15, -0.1) is 0 Å². The summed E-state index contributed by atoms with van der Waals surface area (Å²) in [4.78, 5) is 31.8. The molecule has 1 rings (SSSR count). The summed E-state index contributed by atoms with van der Waals surface area (Å²) in [6.07, 6.45) is 0.386. The van der Waals surface area contributed by atoms with Crippen LogP contribution in [0.1, 0.15) is 26.3 Å². The molecule has 0 amide bonds. The number of rotatable bonds is 3. The Morgan fingerprint density at radius 2 is 2.24 bits per heavy atom. The van der Waals surface area contributed by atoms with E-state index in [0.29, 0.717) is 6.29 Å². The number of nitro benzene ring substituents is 1. The van der Waals surface area contributed by atoms with Crippen LogP contribution >= 0.6 is 0 Å². The molecule has 1 aromatic rings. The van der Waals surface area contributed by atoms with Gasteiger partial charge in [0.25, 0.3) is 0 Å². The number of nitro groups is 1. The van der Waals surface area contributed by atoms with Crippen LogP contribution in [0.2, 0.25) is 0 Å². The van der Waals surface area contributed by atoms with Crippen molar-refractivity contribution in [2.24, 2.45) is 0 Å². The number of hydrogen-bond acceptors (Lipinski definition) is 6. The van der Waals surface area contributed by atoms with Crippen LogP contribution in [-0.4, -0.2) is 24.3 Å². The maximum Gasteiger partial charge on any atom is 0.344 e. The molecule has 0 aliphatic heterocycles. The number of methoxy groups -OCH3 is 1. The Kier molecular flexibility index (Phi) is 3.51. The lowest BCUT2D eigenvalue weighted by molar-refractivity contribution is -0.385. The van der Waals surface area contributed by atoms with Crippen molar-refractivity contribution in [3.05, 3.63) is 38.9 Å². The van der Waals surface area contributed by atoms with Gasteiger partial charge in [0.2, 0.25) is 0 Å². The molecule has 0 aromatic heterocycles. The second-order valence-corrected chi connectivity index (χ2v) is 2.94. The summed E-state index contributed by atoms with van der Waals surface area (Å²) in [5.74, 6) is -0.975. The molecule has 0 heterocycles. The van der Waals surface area contributed by atoms with Crippen LogP contribution < -0.4 is 0 Å². The van der Waals surface area contributed by atoms with Crippen LogP contribution in [0, 0.1) is 21.4 Å². The number of hydrogen-bond donors (Lipinski definition) is 0. The summed E-state index contributed by atoms with van der Waals surface area (Å²) in [5, 5.41) is 19.5. The molecular weight excluding hydrogens is 228 g/mol. The molecule has 0 atom stereocenters. The lowest BCUT2D eigenvalue weighted by Gasteiger charge is -2.03. The van der Waals surface area contributed by atoms with Crippen molar-refractivity contribution in [2.75, 3.05) is 7.11 Å². The van der Waals surface area contributed by atoms with Gasteiger partial charge in [0.15, 0.2) is 0 Å². The lowest BCUT2D eigenvalue weighted by atomic mass is 10.0. The molecule has 0 aliphatic carbocycles. The predicted octanol–water partition coefficient (Wildman–Crippen LogP) is 1.07. The van der Waals surface area contributed by atoms with Gasteiger partial charge in [0, 0.05) is 5.56 Å². The van der Waals surface area contributed by atoms with E-state index in [-0.39, 0.29) is 11.1 Å². The Hall–Kier alpha value is -2.75. The molecule has 86 valence electrons. The number of carbonyl (C=O) groups excluding carboxylic acids is 2. The fourth-order valence-corrected chi connectivity index (χ4v) is 1.27. The largest absolute Gasteiger partial charge is 0.465 e. The maximum atomic E-state index is 11.3. The van der Waals surface area contributed by atoms with E-state index in [2.05, 4.69) is 4.74 Å². The van der Waals surface area contributed by atoms with Gasteiger partial charge in [0.1, 0.15) is 23.5 Å². The number of benzene rings is 1. The zero-order chi connectivity index (χ0) is 13.0. The SMILES string of the molecule is COC(=O)c1cc(C=O)cc(C#N)c1[N+](=O)[O-]. The van der Waals surface area contributed by atoms with Gasteiger partial charge in [-0.2, -0.15) is 5.26 Å². The standard InChI is InChI=1S/C10H6N2O5/c1-17-10(14)8-3-6(5-13)2-7(4-11)9(8)12(15)16/h2-3,5H,1H3. The zero-order valence-corrected chi connectivity index (χ0v) is 8.67. The van der Waals surface area contributed by atoms with Gasteiger partial charge in [0.05, 0.1) is 12.0 Å². The average molecular weight is 234 g/mol. The van der Waals surface area contributed by atoms with E-state index >= 15 is 0 Å². The van der Waals surface area contributed by atoms with Crippen LogP contribution in [-0.2, 0) is 4.74 Å². The Labute approximate surface area is 95.4 Å². The molecule has 0 spiro atoms. The molecule has 7 heteroatoms. The van der Waals surface area contributed by atoms with Crippen molar-refractivity contribution < 1.29 is 19.2 Å². The lowest BCUT2D eigenvalue weighted by Crippen LogP contribution is -2.08. The van der Waals surface area contributed by atoms with Crippen LogP contribution in [0.25, 0.3) is 0 Å². The number of nitrogens with zero attached hydrogens (tertiary/aromatic N) is 2. The summed E-state index contributed by atoms with van der Waals surface area (Å²) >= 11 is 0. The first kappa shape index (κ1) is 12.3. The highest BCUT2D eigenvalue weighted by molar-refractivity contribution is 5.97. The first-order valence-electron chi connectivity index (χ1n) is 4.31. The molecule has 17 heavy (non-hydrogen) atoms. The van der Waals surface area contributed by atoms with Crippen molar-refractivity contribution in [1.29, 1.82) is 5.26 Å². The van der Waals surface area contributed by atoms with Crippen molar-refractivity contribution in [2.45, 2.75) is 0 Å². The third-order valence-electron chi connectivity index (χ3n) is 1.98. The number of nitriles is 1. The summed E-state index contributed by atoms with van der Waals surface area (Å²) in [7, 11) is 1.05. The highest BCUT2D eigenvalue weighted by Crippen LogP contribution is 2.25. The van der Waals surface area contributed by atoms with Gasteiger partial charge in [-0.25, -0.2) is 4.79 Å². The fraction of sp³-hybridized carbons (Fsp3) is 0.100. The van der Waals surface area contributed by atoms with Crippen LogP contribution in [0.4, 0.5) is 5.69 Å². The zero-order valence-electron chi connectivity index (χ0n) is 8.67. The molecule has 0 fully saturated rings. The van der Waals surface area contributed by atoms with Crippen LogP contribution in [0.15, 0.2) is 12.1 Å². The van der Waals surface area contributed by atoms with E-state index in [1.165, 1.54) is 0 Å². The van der Waals surface area contributed by atoms with E-state index in [9.17, 15) is 19.7 Å². The summed E-state index contributed by atoms with van der Waals surface area (Å²) in [6, 6.07) is 3.61. The second-order valence-electron chi connectivity index (χ2n) is 2.94. The molecule has 0 aliphatic rings. The minimum Gasteiger partial charge on any atom is -0.465 e. The Bertz CT molecular complexity index is 544. The minimum atomic E-state index is -0.975. The summed E-state index contributed by atoms with van der Waals surface area (Å²) in [6.45, 7) is 0. The third kappa shape index (κ3) is 2.26. The van der Waals surface area contributed by atoms with E-state index in [4.69, 9.17) is 5.26 Å². The topological polar surface area (TPSA) is 110 Å². The molecule has 0 bridgehead atoms. The Morgan fingerprint density at radius 3 is 2.65 bits per heavy atom. The normalized spacial score (nSPS) is 9.18. The van der Waals surface area contributed by atoms with E-state index < -0.39 is 22.1 Å². The molecule has 7 nitrogen and oxygen atoms in total. The van der Waals surface area contributed by atoms with Crippen molar-refractivity contribution in [3.63, 3.8) is 0 Å². The van der Waals surface area contributed by atoms with Gasteiger partial charge in [-0.3, -0.25) is 14.9 Å². The Balaban J connectivity index is 3.64. The maximum absolute atomic E-state index is 11.3. The number of aldehydes is 1. The first-order valence-corrected chi connectivity index (χ1v) is 4.31. The second kappa shape index (κ2) is 4.85. The first-order chi connectivity index (χ1) is 8.04. The highest BCUT2D eigenvalue weighted by atomic mass is 16.6. The molecule has 0 N–H and O–H groups in total. The van der Waals surface area contributed by atoms with E-state index in [0.717, 1.165) is 19.2 Å². The van der Waals surface area contributed by atoms with Crippen molar-refractivity contribution in [3.8, 4) is 6.07 Å². The molecule has 0 saturated carbocycles. The fourth-order valence-electron chi connectivity index (χ4n) is 1.27. The van der Waals surface area contributed by atoms with E-state index in [1.807, 2.05) is 0 Å². The number of esters is 1. The smallest absolute Gasteiger partial charge is 0.344 e. The number of carbonyl (C=O) groups is 2. The third-order valence-corrected chi connectivity index (χ3v) is 1.98.